The number of hydrogen-bond donors (Lipinski definition) is 0. The molecule has 1 nitrogen and oxygen atoms in total. The number of halogens is 4. The molecule has 0 saturated heterocycles. The van der Waals surface area contributed by atoms with E-state index in [9.17, 15) is 17.6 Å². The monoisotopic (exact) mass is 203 g/mol. The second kappa shape index (κ2) is 3.29. The number of rotatable bonds is 0. The Morgan fingerprint density at radius 1 is 1.29 bits per heavy atom. The Kier molecular flexibility index (Phi) is 2.47. The zero-order valence-electron chi connectivity index (χ0n) is 7.11. The van der Waals surface area contributed by atoms with E-state index >= 15 is 0 Å². The highest BCUT2D eigenvalue weighted by atomic mass is 19.4. The molecule has 1 aromatic rings. The summed E-state index contributed by atoms with van der Waals surface area (Å²) in [7, 11) is 0. The molecule has 1 rings (SSSR count). The Hall–Kier alpha value is -1.57. The van der Waals surface area contributed by atoms with Crippen LogP contribution in [-0.4, -0.2) is 0 Å². The van der Waals surface area contributed by atoms with Gasteiger partial charge in [-0.2, -0.15) is 18.4 Å². The molecular weight excluding hydrogens is 198 g/mol. The van der Waals surface area contributed by atoms with Gasteiger partial charge in [-0.25, -0.2) is 4.39 Å². The van der Waals surface area contributed by atoms with Crippen molar-refractivity contribution in [1.29, 1.82) is 5.26 Å². The predicted octanol–water partition coefficient (Wildman–Crippen LogP) is 3.02. The minimum absolute atomic E-state index is 0.157. The summed E-state index contributed by atoms with van der Waals surface area (Å²) in [5, 5.41) is 8.37. The molecule has 0 bridgehead atoms. The highest BCUT2D eigenvalue weighted by molar-refractivity contribution is 5.40. The number of nitriles is 1. The smallest absolute Gasteiger partial charge is 0.206 e. The van der Waals surface area contributed by atoms with Crippen molar-refractivity contribution in [2.24, 2.45) is 0 Å². The van der Waals surface area contributed by atoms with Gasteiger partial charge in [0.15, 0.2) is 0 Å². The molecule has 14 heavy (non-hydrogen) atoms. The Balaban J connectivity index is 3.38. The Bertz CT molecular complexity index is 400. The molecule has 0 heterocycles. The van der Waals surface area contributed by atoms with Crippen molar-refractivity contribution in [3.05, 3.63) is 34.6 Å². The van der Waals surface area contributed by atoms with Gasteiger partial charge in [0.1, 0.15) is 11.9 Å². The predicted molar refractivity (Wildman–Crippen MR) is 40.9 cm³/mol. The van der Waals surface area contributed by atoms with Gasteiger partial charge in [0, 0.05) is 0 Å². The van der Waals surface area contributed by atoms with E-state index in [1.165, 1.54) is 13.0 Å². The maximum atomic E-state index is 12.8. The fourth-order valence-electron chi connectivity index (χ4n) is 1.07. The summed E-state index contributed by atoms with van der Waals surface area (Å²) in [5.41, 5.74) is -1.58. The molecule has 0 aromatic heterocycles. The van der Waals surface area contributed by atoms with Crippen LogP contribution in [0.25, 0.3) is 0 Å². The fourth-order valence-corrected chi connectivity index (χ4v) is 1.07. The molecule has 0 saturated carbocycles. The van der Waals surface area contributed by atoms with Crippen molar-refractivity contribution in [3.63, 3.8) is 0 Å². The Morgan fingerprint density at radius 2 is 1.86 bits per heavy atom. The standard InChI is InChI=1S/C9H5F4N/c1-5-2-6(4-14)8(10)3-7(5)9(11,12)13/h2-3H,1H3. The molecule has 0 atom stereocenters. The third-order valence-corrected chi connectivity index (χ3v) is 1.74. The zero-order chi connectivity index (χ0) is 10.9. The molecule has 0 aliphatic rings. The van der Waals surface area contributed by atoms with Gasteiger partial charge in [-0.3, -0.25) is 0 Å². The highest BCUT2D eigenvalue weighted by Gasteiger charge is 2.33. The summed E-state index contributed by atoms with van der Waals surface area (Å²) in [6, 6.07) is 2.70. The zero-order valence-corrected chi connectivity index (χ0v) is 7.11. The first kappa shape index (κ1) is 10.5. The van der Waals surface area contributed by atoms with Crippen molar-refractivity contribution in [3.8, 4) is 6.07 Å². The van der Waals surface area contributed by atoms with Crippen LogP contribution in [0.3, 0.4) is 0 Å². The van der Waals surface area contributed by atoms with Crippen LogP contribution in [-0.2, 0) is 6.18 Å². The Morgan fingerprint density at radius 3 is 2.29 bits per heavy atom. The van der Waals surface area contributed by atoms with E-state index in [4.69, 9.17) is 5.26 Å². The van der Waals surface area contributed by atoms with Crippen LogP contribution in [0.2, 0.25) is 0 Å². The molecule has 0 N–H and O–H groups in total. The van der Waals surface area contributed by atoms with E-state index in [1.807, 2.05) is 0 Å². The second-order valence-corrected chi connectivity index (χ2v) is 2.76. The van der Waals surface area contributed by atoms with Crippen LogP contribution in [0.15, 0.2) is 12.1 Å². The lowest BCUT2D eigenvalue weighted by molar-refractivity contribution is -0.138. The third-order valence-electron chi connectivity index (χ3n) is 1.74. The SMILES string of the molecule is Cc1cc(C#N)c(F)cc1C(F)(F)F. The Labute approximate surface area is 77.6 Å². The maximum Gasteiger partial charge on any atom is 0.416 e. The topological polar surface area (TPSA) is 23.8 Å². The number of aryl methyl sites for hydroxylation is 1. The molecular formula is C9H5F4N. The molecule has 5 heteroatoms. The first-order valence-electron chi connectivity index (χ1n) is 3.63. The first-order chi connectivity index (χ1) is 6.36. The van der Waals surface area contributed by atoms with Gasteiger partial charge in [0.2, 0.25) is 0 Å². The van der Waals surface area contributed by atoms with Crippen LogP contribution >= 0.6 is 0 Å². The first-order valence-corrected chi connectivity index (χ1v) is 3.63. The quantitative estimate of drug-likeness (QED) is 0.594. The van der Waals surface area contributed by atoms with E-state index in [2.05, 4.69) is 0 Å². The summed E-state index contributed by atoms with van der Waals surface area (Å²) in [6.45, 7) is 1.18. The lowest BCUT2D eigenvalue weighted by Gasteiger charge is -2.10. The summed E-state index contributed by atoms with van der Waals surface area (Å²) < 4.78 is 49.5. The van der Waals surface area contributed by atoms with Gasteiger partial charge in [-0.1, -0.05) is 0 Å². The van der Waals surface area contributed by atoms with Crippen molar-refractivity contribution >= 4 is 0 Å². The van der Waals surface area contributed by atoms with E-state index in [0.29, 0.717) is 6.07 Å². The molecule has 0 aliphatic carbocycles. The summed E-state index contributed by atoms with van der Waals surface area (Å²) in [4.78, 5) is 0. The van der Waals surface area contributed by atoms with E-state index < -0.39 is 17.6 Å². The average Bonchev–Trinajstić information content (AvgIpc) is 2.06. The van der Waals surface area contributed by atoms with E-state index in [1.54, 1.807) is 0 Å². The van der Waals surface area contributed by atoms with Crippen molar-refractivity contribution in [2.45, 2.75) is 13.1 Å². The highest BCUT2D eigenvalue weighted by Crippen LogP contribution is 2.32. The number of hydrogen-bond acceptors (Lipinski definition) is 1. The minimum atomic E-state index is -4.58. The fraction of sp³-hybridized carbons (Fsp3) is 0.222. The van der Waals surface area contributed by atoms with E-state index in [-0.39, 0.29) is 11.1 Å². The van der Waals surface area contributed by atoms with Gasteiger partial charge in [-0.15, -0.1) is 0 Å². The van der Waals surface area contributed by atoms with Crippen molar-refractivity contribution in [1.82, 2.24) is 0 Å². The molecule has 0 aliphatic heterocycles. The lowest BCUT2D eigenvalue weighted by Crippen LogP contribution is -2.08. The molecule has 1 aromatic carbocycles. The maximum absolute atomic E-state index is 12.8. The summed E-state index contributed by atoms with van der Waals surface area (Å²) >= 11 is 0. The molecule has 0 fully saturated rings. The third kappa shape index (κ3) is 1.84. The number of benzene rings is 1. The molecule has 0 unspecified atom stereocenters. The lowest BCUT2D eigenvalue weighted by atomic mass is 10.0. The normalized spacial score (nSPS) is 11.1. The molecule has 0 spiro atoms. The van der Waals surface area contributed by atoms with E-state index in [0.717, 1.165) is 6.07 Å². The molecule has 74 valence electrons. The number of alkyl halides is 3. The van der Waals surface area contributed by atoms with Crippen molar-refractivity contribution in [2.75, 3.05) is 0 Å². The molecule has 0 radical (unpaired) electrons. The second-order valence-electron chi connectivity index (χ2n) is 2.76. The molecule has 0 amide bonds. The van der Waals surface area contributed by atoms with Gasteiger partial charge < -0.3 is 0 Å². The van der Waals surface area contributed by atoms with Crippen LogP contribution < -0.4 is 0 Å². The number of nitrogens with zero attached hydrogens (tertiary/aromatic N) is 1. The van der Waals surface area contributed by atoms with Crippen LogP contribution in [0.4, 0.5) is 17.6 Å². The van der Waals surface area contributed by atoms with Gasteiger partial charge in [0.25, 0.3) is 0 Å². The van der Waals surface area contributed by atoms with Crippen molar-refractivity contribution < 1.29 is 17.6 Å². The minimum Gasteiger partial charge on any atom is -0.206 e. The summed E-state index contributed by atoms with van der Waals surface area (Å²) in [6.07, 6.45) is -4.58. The van der Waals surface area contributed by atoms with Crippen LogP contribution in [0.1, 0.15) is 16.7 Å². The van der Waals surface area contributed by atoms with Gasteiger partial charge in [0.05, 0.1) is 11.1 Å². The van der Waals surface area contributed by atoms with Crippen LogP contribution in [0, 0.1) is 24.1 Å². The largest absolute Gasteiger partial charge is 0.416 e. The van der Waals surface area contributed by atoms with Crippen LogP contribution in [0.5, 0.6) is 0 Å². The van der Waals surface area contributed by atoms with Gasteiger partial charge >= 0.3 is 6.18 Å². The average molecular weight is 203 g/mol. The summed E-state index contributed by atoms with van der Waals surface area (Å²) in [5.74, 6) is -1.15. The van der Waals surface area contributed by atoms with Gasteiger partial charge in [-0.05, 0) is 24.6 Å².